The molecule has 3 rings (SSSR count). The predicted molar refractivity (Wildman–Crippen MR) is 110 cm³/mol. The number of para-hydroxylation sites is 1. The van der Waals surface area contributed by atoms with E-state index in [1.54, 1.807) is 13.2 Å². The first-order valence-corrected chi connectivity index (χ1v) is 9.20. The summed E-state index contributed by atoms with van der Waals surface area (Å²) in [5.41, 5.74) is 3.40. The number of benzene rings is 2. The highest BCUT2D eigenvalue weighted by Crippen LogP contribution is 2.23. The second kappa shape index (κ2) is 8.99. The number of methoxy groups -OCH3 is 1. The molecule has 2 aromatic carbocycles. The Morgan fingerprint density at radius 3 is 2.57 bits per heavy atom. The van der Waals surface area contributed by atoms with Gasteiger partial charge in [0.15, 0.2) is 11.5 Å². The lowest BCUT2D eigenvalue weighted by Crippen LogP contribution is -2.25. The minimum atomic E-state index is -0.274. The van der Waals surface area contributed by atoms with Gasteiger partial charge in [-0.2, -0.15) is 0 Å². The third kappa shape index (κ3) is 4.46. The van der Waals surface area contributed by atoms with Gasteiger partial charge in [-0.3, -0.25) is 4.79 Å². The minimum absolute atomic E-state index is 0.274. The molecule has 144 valence electrons. The molecular weight excluding hydrogens is 352 g/mol. The van der Waals surface area contributed by atoms with Gasteiger partial charge in [0.05, 0.1) is 7.11 Å². The molecule has 6 heteroatoms. The maximum absolute atomic E-state index is 12.4. The molecule has 0 saturated carbocycles. The number of ether oxygens (including phenoxy) is 1. The van der Waals surface area contributed by atoms with Gasteiger partial charge < -0.3 is 15.0 Å². The van der Waals surface area contributed by atoms with E-state index in [0.29, 0.717) is 12.4 Å². The van der Waals surface area contributed by atoms with E-state index < -0.39 is 0 Å². The summed E-state index contributed by atoms with van der Waals surface area (Å²) in [4.78, 5) is 14.5. The molecule has 0 aliphatic rings. The van der Waals surface area contributed by atoms with Gasteiger partial charge in [0.2, 0.25) is 0 Å². The minimum Gasteiger partial charge on any atom is -0.496 e. The van der Waals surface area contributed by atoms with Crippen molar-refractivity contribution in [3.8, 4) is 5.75 Å². The molecule has 1 N–H and O–H groups in total. The van der Waals surface area contributed by atoms with Crippen molar-refractivity contribution in [2.24, 2.45) is 0 Å². The molecule has 28 heavy (non-hydrogen) atoms. The van der Waals surface area contributed by atoms with Gasteiger partial charge in [0.25, 0.3) is 5.91 Å². The van der Waals surface area contributed by atoms with Crippen LogP contribution in [0.15, 0.2) is 60.7 Å². The fourth-order valence-electron chi connectivity index (χ4n) is 2.98. The average Bonchev–Trinajstić information content (AvgIpc) is 2.73. The monoisotopic (exact) mass is 376 g/mol. The highest BCUT2D eigenvalue weighted by molar-refractivity contribution is 5.92. The van der Waals surface area contributed by atoms with E-state index in [2.05, 4.69) is 46.4 Å². The van der Waals surface area contributed by atoms with Crippen LogP contribution >= 0.6 is 0 Å². The smallest absolute Gasteiger partial charge is 0.272 e. The van der Waals surface area contributed by atoms with Crippen molar-refractivity contribution in [3.05, 3.63) is 77.5 Å². The normalized spacial score (nSPS) is 10.4. The van der Waals surface area contributed by atoms with Gasteiger partial charge >= 0.3 is 0 Å². The number of hydrogen-bond donors (Lipinski definition) is 1. The lowest BCUT2D eigenvalue weighted by Gasteiger charge is -2.22. The van der Waals surface area contributed by atoms with Crippen LogP contribution in [0.3, 0.4) is 0 Å². The molecule has 3 aromatic rings. The van der Waals surface area contributed by atoms with Gasteiger partial charge in [-0.05, 0) is 49.7 Å². The number of aromatic nitrogens is 2. The summed E-state index contributed by atoms with van der Waals surface area (Å²) in [7, 11) is 1.61. The first kappa shape index (κ1) is 19.4. The molecule has 0 bridgehead atoms. The van der Waals surface area contributed by atoms with Crippen LogP contribution in [-0.4, -0.2) is 29.8 Å². The number of nitrogens with one attached hydrogen (secondary N) is 1. The van der Waals surface area contributed by atoms with E-state index in [1.165, 1.54) is 5.56 Å². The third-order valence-electron chi connectivity index (χ3n) is 4.42. The lowest BCUT2D eigenvalue weighted by atomic mass is 10.2. The van der Waals surface area contributed by atoms with E-state index in [0.717, 1.165) is 23.5 Å². The molecule has 1 amide bonds. The lowest BCUT2D eigenvalue weighted by molar-refractivity contribution is 0.0944. The zero-order valence-corrected chi connectivity index (χ0v) is 16.3. The van der Waals surface area contributed by atoms with E-state index in [-0.39, 0.29) is 11.6 Å². The Bertz CT molecular complexity index is 941. The van der Waals surface area contributed by atoms with Gasteiger partial charge in [-0.25, -0.2) is 0 Å². The van der Waals surface area contributed by atoms with E-state index in [4.69, 9.17) is 4.74 Å². The van der Waals surface area contributed by atoms with Crippen LogP contribution in [0.5, 0.6) is 5.75 Å². The van der Waals surface area contributed by atoms with E-state index in [1.807, 2.05) is 42.5 Å². The van der Waals surface area contributed by atoms with Crippen molar-refractivity contribution < 1.29 is 9.53 Å². The standard InChI is InChI=1S/C22H24N4O2/c1-4-26(18-10-7-8-16(2)14-18)21-13-12-19(24-25-21)22(27)23-15-17-9-5-6-11-20(17)28-3/h5-14H,4,15H2,1-3H3,(H,23,27). The number of anilines is 2. The number of rotatable bonds is 7. The largest absolute Gasteiger partial charge is 0.496 e. The predicted octanol–water partition coefficient (Wildman–Crippen LogP) is 3.88. The molecule has 0 aliphatic carbocycles. The summed E-state index contributed by atoms with van der Waals surface area (Å²) in [6, 6.07) is 19.3. The molecule has 6 nitrogen and oxygen atoms in total. The van der Waals surface area contributed by atoms with Crippen LogP contribution in [0.25, 0.3) is 0 Å². The number of amides is 1. The van der Waals surface area contributed by atoms with Crippen molar-refractivity contribution in [2.45, 2.75) is 20.4 Å². The molecule has 0 fully saturated rings. The summed E-state index contributed by atoms with van der Waals surface area (Å²) in [6.07, 6.45) is 0. The summed E-state index contributed by atoms with van der Waals surface area (Å²) in [5.74, 6) is 1.17. The first-order valence-electron chi connectivity index (χ1n) is 9.20. The maximum atomic E-state index is 12.4. The summed E-state index contributed by atoms with van der Waals surface area (Å²) < 4.78 is 5.30. The Labute approximate surface area is 165 Å². The molecule has 0 spiro atoms. The second-order valence-electron chi connectivity index (χ2n) is 6.35. The summed E-state index contributed by atoms with van der Waals surface area (Å²) >= 11 is 0. The van der Waals surface area contributed by atoms with Gasteiger partial charge in [-0.1, -0.05) is 30.3 Å². The quantitative estimate of drug-likeness (QED) is 0.678. The topological polar surface area (TPSA) is 67.4 Å². The molecular formula is C22H24N4O2. The third-order valence-corrected chi connectivity index (χ3v) is 4.42. The summed E-state index contributed by atoms with van der Waals surface area (Å²) in [5, 5.41) is 11.2. The van der Waals surface area contributed by atoms with Gasteiger partial charge in [0, 0.05) is 24.3 Å². The Hall–Kier alpha value is -3.41. The average molecular weight is 376 g/mol. The molecule has 0 atom stereocenters. The van der Waals surface area contributed by atoms with E-state index >= 15 is 0 Å². The Morgan fingerprint density at radius 1 is 1.07 bits per heavy atom. The number of carbonyl (C=O) groups excluding carboxylic acids is 1. The van der Waals surface area contributed by atoms with Crippen molar-refractivity contribution in [3.63, 3.8) is 0 Å². The molecule has 0 unspecified atom stereocenters. The zero-order valence-electron chi connectivity index (χ0n) is 16.3. The SMILES string of the molecule is CCN(c1cccc(C)c1)c1ccc(C(=O)NCc2ccccc2OC)nn1. The highest BCUT2D eigenvalue weighted by atomic mass is 16.5. The van der Waals surface area contributed by atoms with E-state index in [9.17, 15) is 4.79 Å². The fourth-order valence-corrected chi connectivity index (χ4v) is 2.98. The van der Waals surface area contributed by atoms with Crippen LogP contribution in [0.1, 0.15) is 28.5 Å². The Morgan fingerprint density at radius 2 is 1.89 bits per heavy atom. The molecule has 0 aliphatic heterocycles. The van der Waals surface area contributed by atoms with Crippen LogP contribution in [0.2, 0.25) is 0 Å². The van der Waals surface area contributed by atoms with Gasteiger partial charge in [0.1, 0.15) is 5.75 Å². The summed E-state index contributed by atoms with van der Waals surface area (Å²) in [6.45, 7) is 5.21. The maximum Gasteiger partial charge on any atom is 0.272 e. The number of nitrogens with zero attached hydrogens (tertiary/aromatic N) is 3. The highest BCUT2D eigenvalue weighted by Gasteiger charge is 2.13. The Balaban J connectivity index is 1.70. The van der Waals surface area contributed by atoms with Crippen LogP contribution in [0.4, 0.5) is 11.5 Å². The van der Waals surface area contributed by atoms with Crippen molar-refractivity contribution >= 4 is 17.4 Å². The van der Waals surface area contributed by atoms with Gasteiger partial charge in [-0.15, -0.1) is 10.2 Å². The van der Waals surface area contributed by atoms with Crippen molar-refractivity contribution in [1.82, 2.24) is 15.5 Å². The number of hydrogen-bond acceptors (Lipinski definition) is 5. The van der Waals surface area contributed by atoms with Crippen LogP contribution in [-0.2, 0) is 6.54 Å². The fraction of sp³-hybridized carbons (Fsp3) is 0.227. The first-order chi connectivity index (χ1) is 13.6. The Kier molecular flexibility index (Phi) is 6.22. The molecule has 0 saturated heterocycles. The zero-order chi connectivity index (χ0) is 19.9. The van der Waals surface area contributed by atoms with Crippen molar-refractivity contribution in [2.75, 3.05) is 18.6 Å². The molecule has 1 heterocycles. The molecule has 0 radical (unpaired) electrons. The number of aryl methyl sites for hydroxylation is 1. The van der Waals surface area contributed by atoms with Crippen LogP contribution < -0.4 is 15.0 Å². The number of carbonyl (C=O) groups is 1. The second-order valence-corrected chi connectivity index (χ2v) is 6.35. The van der Waals surface area contributed by atoms with Crippen molar-refractivity contribution in [1.29, 1.82) is 0 Å². The van der Waals surface area contributed by atoms with Crippen LogP contribution in [0, 0.1) is 6.92 Å². The molecule has 1 aromatic heterocycles.